The highest BCUT2D eigenvalue weighted by molar-refractivity contribution is 9.10. The summed E-state index contributed by atoms with van der Waals surface area (Å²) < 4.78 is 2.27. The van der Waals surface area contributed by atoms with Gasteiger partial charge in [0.05, 0.1) is 11.4 Å². The highest BCUT2D eigenvalue weighted by Gasteiger charge is 2.24. The van der Waals surface area contributed by atoms with Gasteiger partial charge in [-0.2, -0.15) is 5.10 Å². The van der Waals surface area contributed by atoms with Crippen LogP contribution in [0, 0.1) is 5.92 Å². The smallest absolute Gasteiger partial charge is 0.340 e. The van der Waals surface area contributed by atoms with Crippen LogP contribution in [0.2, 0.25) is 5.15 Å². The van der Waals surface area contributed by atoms with Crippen molar-refractivity contribution < 1.29 is 9.90 Å². The van der Waals surface area contributed by atoms with Gasteiger partial charge in [0.2, 0.25) is 0 Å². The molecular formula is C14H14BrClN2O2. The summed E-state index contributed by atoms with van der Waals surface area (Å²) in [6.07, 6.45) is 0.568. The Kier molecular flexibility index (Phi) is 4.50. The summed E-state index contributed by atoms with van der Waals surface area (Å²) in [4.78, 5) is 11.4. The third-order valence-corrected chi connectivity index (χ3v) is 3.82. The Balaban J connectivity index is 2.61. The molecule has 0 unspecified atom stereocenters. The number of hydrogen-bond acceptors (Lipinski definition) is 2. The monoisotopic (exact) mass is 356 g/mol. The quantitative estimate of drug-likeness (QED) is 0.893. The fourth-order valence-corrected chi connectivity index (χ4v) is 2.74. The van der Waals surface area contributed by atoms with Crippen molar-refractivity contribution in [1.82, 2.24) is 9.78 Å². The predicted octanol–water partition coefficient (Wildman–Crippen LogP) is 4.18. The van der Waals surface area contributed by atoms with E-state index in [1.807, 2.05) is 38.1 Å². The molecule has 4 nitrogen and oxygen atoms in total. The van der Waals surface area contributed by atoms with Crippen LogP contribution in [0.1, 0.15) is 29.9 Å². The van der Waals surface area contributed by atoms with Gasteiger partial charge in [-0.25, -0.2) is 9.48 Å². The number of carbonyl (C=O) groups is 1. The molecule has 0 saturated heterocycles. The van der Waals surface area contributed by atoms with E-state index >= 15 is 0 Å². The number of para-hydroxylation sites is 1. The molecule has 0 bridgehead atoms. The SMILES string of the molecule is CC(C)Cc1nn(-c2ccccc2Br)c(Cl)c1C(=O)O. The van der Waals surface area contributed by atoms with E-state index in [1.54, 1.807) is 0 Å². The summed E-state index contributed by atoms with van der Waals surface area (Å²) in [5, 5.41) is 13.8. The molecule has 2 rings (SSSR count). The second-order valence-corrected chi connectivity index (χ2v) is 6.09. The van der Waals surface area contributed by atoms with E-state index in [0.717, 1.165) is 10.2 Å². The molecule has 1 N–H and O–H groups in total. The van der Waals surface area contributed by atoms with Crippen molar-refractivity contribution in [2.75, 3.05) is 0 Å². The summed E-state index contributed by atoms with van der Waals surface area (Å²) in [7, 11) is 0. The molecule has 1 aromatic carbocycles. The van der Waals surface area contributed by atoms with Gasteiger partial charge in [0.15, 0.2) is 0 Å². The summed E-state index contributed by atoms with van der Waals surface area (Å²) >= 11 is 9.64. The Morgan fingerprint density at radius 3 is 2.65 bits per heavy atom. The number of aromatic carboxylic acids is 1. The molecule has 1 heterocycles. The zero-order valence-electron chi connectivity index (χ0n) is 11.1. The zero-order chi connectivity index (χ0) is 14.9. The average molecular weight is 358 g/mol. The molecule has 2 aromatic rings. The van der Waals surface area contributed by atoms with Crippen LogP contribution in [0.25, 0.3) is 5.69 Å². The second kappa shape index (κ2) is 5.97. The second-order valence-electron chi connectivity index (χ2n) is 4.88. The number of halogens is 2. The molecule has 0 aliphatic heterocycles. The standard InChI is InChI=1S/C14H14BrClN2O2/c1-8(2)7-10-12(14(19)20)13(16)18(17-10)11-6-4-3-5-9(11)15/h3-6,8H,7H2,1-2H3,(H,19,20). The number of nitrogens with zero attached hydrogens (tertiary/aromatic N) is 2. The van der Waals surface area contributed by atoms with Crippen LogP contribution in [0.15, 0.2) is 28.7 Å². The topological polar surface area (TPSA) is 55.1 Å². The first kappa shape index (κ1) is 15.1. The van der Waals surface area contributed by atoms with E-state index < -0.39 is 5.97 Å². The lowest BCUT2D eigenvalue weighted by Crippen LogP contribution is -2.03. The number of hydrogen-bond donors (Lipinski definition) is 1. The number of rotatable bonds is 4. The summed E-state index contributed by atoms with van der Waals surface area (Å²) in [5.74, 6) is -0.754. The van der Waals surface area contributed by atoms with E-state index in [2.05, 4.69) is 21.0 Å². The molecule has 20 heavy (non-hydrogen) atoms. The van der Waals surface area contributed by atoms with Gasteiger partial charge in [0, 0.05) is 4.47 Å². The molecule has 1 aromatic heterocycles. The van der Waals surface area contributed by atoms with Crippen LogP contribution >= 0.6 is 27.5 Å². The number of benzene rings is 1. The van der Waals surface area contributed by atoms with Crippen LogP contribution in [0.4, 0.5) is 0 Å². The Morgan fingerprint density at radius 1 is 1.45 bits per heavy atom. The van der Waals surface area contributed by atoms with E-state index in [9.17, 15) is 9.90 Å². The summed E-state index contributed by atoms with van der Waals surface area (Å²) in [6.45, 7) is 4.02. The number of carboxylic acids is 1. The van der Waals surface area contributed by atoms with Crippen molar-refractivity contribution in [1.29, 1.82) is 0 Å². The first-order valence-electron chi connectivity index (χ1n) is 6.17. The maximum absolute atomic E-state index is 11.4. The van der Waals surface area contributed by atoms with Crippen molar-refractivity contribution in [3.63, 3.8) is 0 Å². The van der Waals surface area contributed by atoms with Gasteiger partial charge in [-0.05, 0) is 40.4 Å². The van der Waals surface area contributed by atoms with Crippen molar-refractivity contribution in [2.45, 2.75) is 20.3 Å². The van der Waals surface area contributed by atoms with Crippen molar-refractivity contribution in [2.24, 2.45) is 5.92 Å². The maximum Gasteiger partial charge on any atom is 0.340 e. The Labute approximate surface area is 130 Å². The van der Waals surface area contributed by atoms with Crippen LogP contribution in [-0.2, 0) is 6.42 Å². The minimum absolute atomic E-state index is 0.0797. The van der Waals surface area contributed by atoms with Crippen molar-refractivity contribution in [3.05, 3.63) is 45.1 Å². The van der Waals surface area contributed by atoms with Crippen LogP contribution in [-0.4, -0.2) is 20.9 Å². The number of carboxylic acid groups (broad SMARTS) is 1. The third kappa shape index (κ3) is 2.88. The molecule has 0 radical (unpaired) electrons. The normalized spacial score (nSPS) is 11.1. The van der Waals surface area contributed by atoms with E-state index in [-0.39, 0.29) is 10.7 Å². The largest absolute Gasteiger partial charge is 0.478 e. The van der Waals surface area contributed by atoms with Gasteiger partial charge in [0.25, 0.3) is 0 Å². The Bertz CT molecular complexity index is 653. The highest BCUT2D eigenvalue weighted by atomic mass is 79.9. The molecule has 0 aliphatic rings. The third-order valence-electron chi connectivity index (χ3n) is 2.80. The van der Waals surface area contributed by atoms with E-state index in [1.165, 1.54) is 4.68 Å². The summed E-state index contributed by atoms with van der Waals surface area (Å²) in [5.41, 5.74) is 1.30. The summed E-state index contributed by atoms with van der Waals surface area (Å²) in [6, 6.07) is 7.41. The van der Waals surface area contributed by atoms with E-state index in [4.69, 9.17) is 11.6 Å². The molecule has 0 amide bonds. The number of aromatic nitrogens is 2. The van der Waals surface area contributed by atoms with Crippen molar-refractivity contribution >= 4 is 33.5 Å². The van der Waals surface area contributed by atoms with E-state index in [0.29, 0.717) is 18.0 Å². The highest BCUT2D eigenvalue weighted by Crippen LogP contribution is 2.29. The average Bonchev–Trinajstić information content (AvgIpc) is 2.66. The van der Waals surface area contributed by atoms with Gasteiger partial charge in [-0.1, -0.05) is 37.6 Å². The van der Waals surface area contributed by atoms with Gasteiger partial charge in [0.1, 0.15) is 10.7 Å². The van der Waals surface area contributed by atoms with Gasteiger partial charge >= 0.3 is 5.97 Å². The molecule has 6 heteroatoms. The van der Waals surface area contributed by atoms with Gasteiger partial charge in [-0.15, -0.1) is 0 Å². The van der Waals surface area contributed by atoms with Crippen LogP contribution < -0.4 is 0 Å². The minimum atomic E-state index is -1.05. The Morgan fingerprint density at radius 2 is 2.10 bits per heavy atom. The molecular weight excluding hydrogens is 344 g/mol. The fraction of sp³-hybridized carbons (Fsp3) is 0.286. The van der Waals surface area contributed by atoms with Crippen molar-refractivity contribution in [3.8, 4) is 5.69 Å². The lowest BCUT2D eigenvalue weighted by atomic mass is 10.1. The molecule has 0 aliphatic carbocycles. The molecule has 0 fully saturated rings. The van der Waals surface area contributed by atoms with Gasteiger partial charge < -0.3 is 5.11 Å². The first-order chi connectivity index (χ1) is 9.41. The molecule has 0 spiro atoms. The Hall–Kier alpha value is -1.33. The minimum Gasteiger partial charge on any atom is -0.478 e. The predicted molar refractivity (Wildman–Crippen MR) is 81.8 cm³/mol. The lowest BCUT2D eigenvalue weighted by Gasteiger charge is -2.05. The molecule has 0 saturated carbocycles. The maximum atomic E-state index is 11.4. The fourth-order valence-electron chi connectivity index (χ4n) is 1.96. The van der Waals surface area contributed by atoms with Crippen LogP contribution in [0.3, 0.4) is 0 Å². The zero-order valence-corrected chi connectivity index (χ0v) is 13.4. The first-order valence-corrected chi connectivity index (χ1v) is 7.34. The molecule has 0 atom stereocenters. The molecule has 106 valence electrons. The lowest BCUT2D eigenvalue weighted by molar-refractivity contribution is 0.0696. The van der Waals surface area contributed by atoms with Crippen LogP contribution in [0.5, 0.6) is 0 Å². The van der Waals surface area contributed by atoms with Gasteiger partial charge in [-0.3, -0.25) is 0 Å².